The van der Waals surface area contributed by atoms with Crippen molar-refractivity contribution >= 4 is 17.8 Å². The molecule has 1 saturated heterocycles. The molecule has 1 atom stereocenters. The second kappa shape index (κ2) is 6.28. The predicted octanol–water partition coefficient (Wildman–Crippen LogP) is 1.84. The summed E-state index contributed by atoms with van der Waals surface area (Å²) in [5.41, 5.74) is 1.68. The van der Waals surface area contributed by atoms with E-state index in [1.807, 2.05) is 13.8 Å². The number of urea groups is 1. The van der Waals surface area contributed by atoms with Crippen molar-refractivity contribution in [2.45, 2.75) is 45.8 Å². The molecular weight excluding hydrogens is 298 g/mol. The monoisotopic (exact) mass is 319 g/mol. The van der Waals surface area contributed by atoms with Crippen molar-refractivity contribution in [1.82, 2.24) is 15.8 Å². The smallest absolute Gasteiger partial charge is 0.344 e. The Hall–Kier alpha value is -2.57. The van der Waals surface area contributed by atoms with E-state index in [-0.39, 0.29) is 6.10 Å². The van der Waals surface area contributed by atoms with E-state index >= 15 is 0 Å². The molecule has 1 fully saturated rings. The Labute approximate surface area is 135 Å². The fraction of sp³-hybridized carbons (Fsp3) is 0.438. The molecule has 1 aliphatic rings. The Morgan fingerprint density at radius 1 is 1.30 bits per heavy atom. The molecule has 0 radical (unpaired) electrons. The maximum atomic E-state index is 12.2. The van der Waals surface area contributed by atoms with Crippen LogP contribution in [0.3, 0.4) is 0 Å². The highest BCUT2D eigenvalue weighted by molar-refractivity contribution is 6.09. The van der Waals surface area contributed by atoms with Crippen LogP contribution in [0.2, 0.25) is 0 Å². The maximum absolute atomic E-state index is 12.2. The van der Waals surface area contributed by atoms with E-state index in [9.17, 15) is 14.4 Å². The van der Waals surface area contributed by atoms with Gasteiger partial charge in [-0.3, -0.25) is 15.0 Å². The molecule has 2 rings (SSSR count). The first kappa shape index (κ1) is 16.8. The third-order valence-corrected chi connectivity index (χ3v) is 3.67. The lowest BCUT2D eigenvalue weighted by molar-refractivity contribution is -0.132. The minimum absolute atomic E-state index is 0.0346. The summed E-state index contributed by atoms with van der Waals surface area (Å²) in [4.78, 5) is 36.3. The molecule has 124 valence electrons. The number of rotatable bonds is 5. The van der Waals surface area contributed by atoms with Gasteiger partial charge in [0.15, 0.2) is 0 Å². The van der Waals surface area contributed by atoms with E-state index in [1.54, 1.807) is 38.1 Å². The number of amides is 4. The van der Waals surface area contributed by atoms with Crippen molar-refractivity contribution < 1.29 is 19.1 Å². The minimum atomic E-state index is -0.987. The van der Waals surface area contributed by atoms with Gasteiger partial charge in [0.05, 0.1) is 6.10 Å². The molecule has 0 aromatic heterocycles. The van der Waals surface area contributed by atoms with Gasteiger partial charge in [-0.2, -0.15) is 5.01 Å². The minimum Gasteiger partial charge on any atom is -0.491 e. The van der Waals surface area contributed by atoms with Crippen LogP contribution in [-0.4, -0.2) is 34.5 Å². The number of ether oxygens (including phenoxy) is 1. The summed E-state index contributed by atoms with van der Waals surface area (Å²) in [5.74, 6) is -0.367. The number of benzene rings is 1. The van der Waals surface area contributed by atoms with Crippen LogP contribution in [-0.2, 0) is 4.79 Å². The molecule has 0 spiro atoms. The molecule has 2 N–H and O–H groups in total. The first-order chi connectivity index (χ1) is 10.8. The number of hydrogen-bond donors (Lipinski definition) is 2. The molecular formula is C16H21N3O4. The van der Waals surface area contributed by atoms with Gasteiger partial charge in [-0.1, -0.05) is 6.92 Å². The van der Waals surface area contributed by atoms with Crippen LogP contribution < -0.4 is 15.5 Å². The third-order valence-electron chi connectivity index (χ3n) is 3.67. The molecule has 23 heavy (non-hydrogen) atoms. The Morgan fingerprint density at radius 2 is 1.91 bits per heavy atom. The second-order valence-corrected chi connectivity index (χ2v) is 5.89. The summed E-state index contributed by atoms with van der Waals surface area (Å²) in [6, 6.07) is 5.84. The van der Waals surface area contributed by atoms with E-state index in [4.69, 9.17) is 4.74 Å². The lowest BCUT2D eigenvalue weighted by Crippen LogP contribution is -2.48. The Balaban J connectivity index is 2.07. The number of hydrogen-bond acceptors (Lipinski definition) is 4. The largest absolute Gasteiger partial charge is 0.491 e. The van der Waals surface area contributed by atoms with E-state index in [0.29, 0.717) is 17.7 Å². The molecule has 0 bridgehead atoms. The average Bonchev–Trinajstić information content (AvgIpc) is 2.71. The Morgan fingerprint density at radius 3 is 2.39 bits per heavy atom. The van der Waals surface area contributed by atoms with E-state index in [1.165, 1.54) is 0 Å². The van der Waals surface area contributed by atoms with Crippen molar-refractivity contribution in [3.63, 3.8) is 0 Å². The highest BCUT2D eigenvalue weighted by Gasteiger charge is 2.47. The van der Waals surface area contributed by atoms with Gasteiger partial charge in [-0.15, -0.1) is 0 Å². The highest BCUT2D eigenvalue weighted by atomic mass is 16.5. The average molecular weight is 319 g/mol. The molecule has 0 saturated carbocycles. The van der Waals surface area contributed by atoms with Crippen LogP contribution in [0.4, 0.5) is 4.79 Å². The normalized spacial score (nSPS) is 20.7. The van der Waals surface area contributed by atoms with Crippen LogP contribution in [0.15, 0.2) is 24.3 Å². The van der Waals surface area contributed by atoms with Crippen LogP contribution in [0.1, 0.15) is 44.5 Å². The molecule has 1 aromatic rings. The number of hydrazine groups is 1. The van der Waals surface area contributed by atoms with Crippen molar-refractivity contribution in [2.24, 2.45) is 0 Å². The number of carbonyl (C=O) groups is 3. The van der Waals surface area contributed by atoms with Gasteiger partial charge in [0, 0.05) is 5.56 Å². The fourth-order valence-corrected chi connectivity index (χ4v) is 2.15. The molecule has 0 aliphatic carbocycles. The number of nitrogens with one attached hydrogen (secondary N) is 2. The first-order valence-corrected chi connectivity index (χ1v) is 7.51. The van der Waals surface area contributed by atoms with Crippen LogP contribution in [0, 0.1) is 0 Å². The molecule has 4 amide bonds. The lowest BCUT2D eigenvalue weighted by Gasteiger charge is -2.19. The van der Waals surface area contributed by atoms with E-state index in [2.05, 4.69) is 10.7 Å². The number of imide groups is 1. The summed E-state index contributed by atoms with van der Waals surface area (Å²) in [6.07, 6.45) is 0.470. The molecule has 1 aromatic carbocycles. The zero-order valence-electron chi connectivity index (χ0n) is 13.7. The van der Waals surface area contributed by atoms with E-state index in [0.717, 1.165) is 5.01 Å². The molecule has 0 unspecified atom stereocenters. The van der Waals surface area contributed by atoms with Crippen LogP contribution in [0.5, 0.6) is 5.75 Å². The fourth-order valence-electron chi connectivity index (χ4n) is 2.15. The van der Waals surface area contributed by atoms with Gasteiger partial charge in [0.25, 0.3) is 11.8 Å². The van der Waals surface area contributed by atoms with Gasteiger partial charge >= 0.3 is 6.03 Å². The molecule has 1 aliphatic heterocycles. The summed E-state index contributed by atoms with van der Waals surface area (Å²) >= 11 is 0. The first-order valence-electron chi connectivity index (χ1n) is 7.51. The number of carbonyl (C=O) groups excluding carboxylic acids is 3. The zero-order chi connectivity index (χ0) is 17.2. The third kappa shape index (κ3) is 3.44. The van der Waals surface area contributed by atoms with Crippen molar-refractivity contribution in [3.8, 4) is 5.75 Å². The van der Waals surface area contributed by atoms with Gasteiger partial charge in [-0.05, 0) is 51.5 Å². The molecule has 7 nitrogen and oxygen atoms in total. The zero-order valence-corrected chi connectivity index (χ0v) is 13.7. The standard InChI is InChI=1S/C16H21N3O4/c1-5-16(4)14(21)19(15(22)17-16)18-13(20)11-6-8-12(9-7-11)23-10(2)3/h6-10H,5H2,1-4H3,(H,17,22)(H,18,20)/t16-/m0/s1. The van der Waals surface area contributed by atoms with Crippen molar-refractivity contribution in [2.75, 3.05) is 0 Å². The molecule has 7 heteroatoms. The number of nitrogens with zero attached hydrogens (tertiary/aromatic N) is 1. The Bertz CT molecular complexity index is 627. The van der Waals surface area contributed by atoms with Crippen LogP contribution in [0.25, 0.3) is 0 Å². The summed E-state index contributed by atoms with van der Waals surface area (Å²) in [6.45, 7) is 7.22. The van der Waals surface area contributed by atoms with Gasteiger partial charge < -0.3 is 10.1 Å². The van der Waals surface area contributed by atoms with E-state index < -0.39 is 23.4 Å². The van der Waals surface area contributed by atoms with Crippen molar-refractivity contribution in [3.05, 3.63) is 29.8 Å². The predicted molar refractivity (Wildman–Crippen MR) is 83.7 cm³/mol. The van der Waals surface area contributed by atoms with Crippen molar-refractivity contribution in [1.29, 1.82) is 0 Å². The molecule has 1 heterocycles. The topological polar surface area (TPSA) is 87.7 Å². The van der Waals surface area contributed by atoms with Gasteiger partial charge in [0.2, 0.25) is 0 Å². The van der Waals surface area contributed by atoms with Gasteiger partial charge in [-0.25, -0.2) is 4.79 Å². The Kier molecular flexibility index (Phi) is 4.58. The highest BCUT2D eigenvalue weighted by Crippen LogP contribution is 2.20. The summed E-state index contributed by atoms with van der Waals surface area (Å²) in [5, 5.41) is 3.30. The summed E-state index contributed by atoms with van der Waals surface area (Å²) < 4.78 is 5.50. The maximum Gasteiger partial charge on any atom is 0.344 e. The van der Waals surface area contributed by atoms with Gasteiger partial charge in [0.1, 0.15) is 11.3 Å². The lowest BCUT2D eigenvalue weighted by atomic mass is 10.00. The van der Waals surface area contributed by atoms with Crippen LogP contribution >= 0.6 is 0 Å². The SMILES string of the molecule is CC[C@]1(C)NC(=O)N(NC(=O)c2ccc(OC(C)C)cc2)C1=O. The summed E-state index contributed by atoms with van der Waals surface area (Å²) in [7, 11) is 0. The quantitative estimate of drug-likeness (QED) is 0.811. The second-order valence-electron chi connectivity index (χ2n) is 5.89.